The van der Waals surface area contributed by atoms with Crippen LogP contribution in [-0.4, -0.2) is 22.0 Å². The largest absolute Gasteiger partial charge is 0.365 e. The summed E-state index contributed by atoms with van der Waals surface area (Å²) in [5, 5.41) is 0. The normalized spacial score (nSPS) is 55.4. The third-order valence-electron chi connectivity index (χ3n) is 11.8. The Kier molecular flexibility index (Phi) is 2.72. The topological polar surface area (TPSA) is 39.2 Å². The van der Waals surface area contributed by atoms with Crippen molar-refractivity contribution in [2.75, 3.05) is 0 Å². The average molecular weight is 392 g/mol. The highest BCUT2D eigenvalue weighted by Gasteiger charge is 3.03. The van der Waals surface area contributed by atoms with Crippen LogP contribution in [0.1, 0.15) is 89.4 Å². The quantitative estimate of drug-likeness (QED) is 0.647. The lowest BCUT2D eigenvalue weighted by atomic mass is 9.18. The first kappa shape index (κ1) is 17.5. The molecule has 29 heavy (non-hydrogen) atoms. The van der Waals surface area contributed by atoms with Crippen LogP contribution in [0, 0.1) is 34.5 Å². The van der Waals surface area contributed by atoms with Crippen molar-refractivity contribution in [1.82, 2.24) is 4.98 Å². The summed E-state index contributed by atoms with van der Waals surface area (Å²) in [6.07, 6.45) is 9.64. The third kappa shape index (κ3) is 1.27. The minimum Gasteiger partial charge on any atom is -0.365 e. The van der Waals surface area contributed by atoms with E-state index in [4.69, 9.17) is 9.72 Å². The van der Waals surface area contributed by atoms with Crippen molar-refractivity contribution >= 4 is 5.78 Å². The highest BCUT2D eigenvalue weighted by atomic mass is 16.6. The van der Waals surface area contributed by atoms with E-state index in [1.807, 2.05) is 0 Å². The maximum atomic E-state index is 14.3. The summed E-state index contributed by atoms with van der Waals surface area (Å²) in [4.78, 5) is 19.2. The zero-order valence-electron chi connectivity index (χ0n) is 18.3. The van der Waals surface area contributed by atoms with Crippen LogP contribution in [0.4, 0.5) is 0 Å². The standard InChI is InChI=1S/C26H33NO2/c1-16-9-7-10-18(27-16)17-15-22(3)21(2)11-5-6-14-25(21)24(12-8-13-24)20(28)19-23(17,4)29-26(19,22)25/h7,9-10,17,19H,5-6,8,11-15H2,1-4H3. The molecule has 0 aromatic carbocycles. The number of fused-ring (bicyclic) bond motifs is 1. The number of aryl methyl sites for hydroxylation is 1. The fraction of sp³-hybridized carbons (Fsp3) is 0.769. The zero-order chi connectivity index (χ0) is 20.1. The number of rotatable bonds is 1. The van der Waals surface area contributed by atoms with Gasteiger partial charge in [-0.1, -0.05) is 39.2 Å². The number of carbonyl (C=O) groups excluding carboxylic acids is 1. The molecule has 3 nitrogen and oxygen atoms in total. The van der Waals surface area contributed by atoms with Gasteiger partial charge in [-0.3, -0.25) is 9.78 Å². The maximum Gasteiger partial charge on any atom is 0.148 e. The first-order valence-electron chi connectivity index (χ1n) is 11.9. The van der Waals surface area contributed by atoms with Gasteiger partial charge in [0.25, 0.3) is 0 Å². The summed E-state index contributed by atoms with van der Waals surface area (Å²) in [5.74, 6) is 0.884. The smallest absolute Gasteiger partial charge is 0.148 e. The predicted octanol–water partition coefficient (Wildman–Crippen LogP) is 5.36. The molecule has 0 radical (unpaired) electrons. The second-order valence-corrected chi connectivity index (χ2v) is 12.0. The van der Waals surface area contributed by atoms with Crippen molar-refractivity contribution in [3.05, 3.63) is 29.6 Å². The SMILES string of the molecule is Cc1cccc(C2CC3(C)C4(C)CCCCC45C4(CCC4)C(=O)C4C2(C)OC435)n1. The summed E-state index contributed by atoms with van der Waals surface area (Å²) in [6.45, 7) is 9.37. The molecule has 0 amide bonds. The molecular weight excluding hydrogens is 358 g/mol. The van der Waals surface area contributed by atoms with E-state index >= 15 is 0 Å². The third-order valence-corrected chi connectivity index (χ3v) is 11.8. The molecule has 1 aromatic rings. The Labute approximate surface area is 174 Å². The van der Waals surface area contributed by atoms with Crippen LogP contribution in [0.25, 0.3) is 0 Å². The molecule has 3 heterocycles. The van der Waals surface area contributed by atoms with Crippen molar-refractivity contribution < 1.29 is 9.53 Å². The highest BCUT2D eigenvalue weighted by Crippen LogP contribution is 2.98. The Morgan fingerprint density at radius 2 is 1.76 bits per heavy atom. The van der Waals surface area contributed by atoms with Gasteiger partial charge < -0.3 is 4.74 Å². The highest BCUT2D eigenvalue weighted by molar-refractivity contribution is 5.98. The van der Waals surface area contributed by atoms with Gasteiger partial charge in [0.05, 0.1) is 17.1 Å². The number of carbonyl (C=O) groups is 1. The van der Waals surface area contributed by atoms with E-state index in [0.29, 0.717) is 5.78 Å². The lowest BCUT2D eigenvalue weighted by Gasteiger charge is -2.91. The molecule has 7 unspecified atom stereocenters. The van der Waals surface area contributed by atoms with Gasteiger partial charge in [-0.05, 0) is 63.5 Å². The van der Waals surface area contributed by atoms with Crippen molar-refractivity contribution in [2.24, 2.45) is 27.6 Å². The van der Waals surface area contributed by atoms with E-state index in [9.17, 15) is 4.79 Å². The van der Waals surface area contributed by atoms with Gasteiger partial charge in [-0.2, -0.15) is 0 Å². The van der Waals surface area contributed by atoms with Crippen LogP contribution in [0.5, 0.6) is 0 Å². The molecule has 2 saturated heterocycles. The number of ether oxygens (including phenoxy) is 1. The Bertz CT molecular complexity index is 983. The maximum absolute atomic E-state index is 14.3. The Balaban J connectivity index is 1.48. The molecule has 7 atom stereocenters. The van der Waals surface area contributed by atoms with E-state index in [1.165, 1.54) is 32.1 Å². The molecule has 7 fully saturated rings. The molecule has 2 bridgehead atoms. The van der Waals surface area contributed by atoms with E-state index in [2.05, 4.69) is 45.9 Å². The fourth-order valence-corrected chi connectivity index (χ4v) is 10.8. The molecule has 8 rings (SSSR count). The van der Waals surface area contributed by atoms with Gasteiger partial charge in [0.2, 0.25) is 0 Å². The van der Waals surface area contributed by atoms with Gasteiger partial charge in [0, 0.05) is 33.6 Å². The van der Waals surface area contributed by atoms with Crippen LogP contribution >= 0.6 is 0 Å². The van der Waals surface area contributed by atoms with Gasteiger partial charge in [0.15, 0.2) is 0 Å². The summed E-state index contributed by atoms with van der Waals surface area (Å²) < 4.78 is 7.21. The molecule has 154 valence electrons. The van der Waals surface area contributed by atoms with Gasteiger partial charge in [-0.15, -0.1) is 0 Å². The molecule has 5 aliphatic carbocycles. The van der Waals surface area contributed by atoms with Crippen LogP contribution in [0.15, 0.2) is 18.2 Å². The molecular formula is C26H33NO2. The molecule has 0 N–H and O–H groups in total. The summed E-state index contributed by atoms with van der Waals surface area (Å²) in [7, 11) is 0. The van der Waals surface area contributed by atoms with Crippen LogP contribution < -0.4 is 0 Å². The summed E-state index contributed by atoms with van der Waals surface area (Å²) in [5.41, 5.74) is 1.95. The fourth-order valence-electron chi connectivity index (χ4n) is 10.8. The number of pyridine rings is 1. The Morgan fingerprint density at radius 1 is 1.00 bits per heavy atom. The molecule has 2 aliphatic heterocycles. The predicted molar refractivity (Wildman–Crippen MR) is 110 cm³/mol. The van der Waals surface area contributed by atoms with Crippen LogP contribution in [0.3, 0.4) is 0 Å². The second-order valence-electron chi connectivity index (χ2n) is 12.0. The lowest BCUT2D eigenvalue weighted by Crippen LogP contribution is -2.95. The van der Waals surface area contributed by atoms with Crippen molar-refractivity contribution in [2.45, 2.75) is 96.2 Å². The number of hydrogen-bond acceptors (Lipinski definition) is 3. The number of hydrogen-bond donors (Lipinski definition) is 0. The van der Waals surface area contributed by atoms with E-state index in [0.717, 1.165) is 30.7 Å². The van der Waals surface area contributed by atoms with Crippen LogP contribution in [0.2, 0.25) is 0 Å². The monoisotopic (exact) mass is 391 g/mol. The van der Waals surface area contributed by atoms with Crippen molar-refractivity contribution in [1.29, 1.82) is 0 Å². The number of nitrogens with zero attached hydrogens (tertiary/aromatic N) is 1. The number of Topliss-reactive ketones (excluding diaryl/α,β-unsaturated/α-hetero) is 1. The van der Waals surface area contributed by atoms with Crippen LogP contribution in [-0.2, 0) is 9.53 Å². The number of ketones is 1. The van der Waals surface area contributed by atoms with Gasteiger partial charge in [0.1, 0.15) is 5.78 Å². The van der Waals surface area contributed by atoms with E-state index < -0.39 is 0 Å². The first-order chi connectivity index (χ1) is 13.7. The molecule has 7 aliphatic rings. The lowest BCUT2D eigenvalue weighted by molar-refractivity contribution is -0.524. The second kappa shape index (κ2) is 4.52. The van der Waals surface area contributed by atoms with Gasteiger partial charge in [-0.25, -0.2) is 0 Å². The van der Waals surface area contributed by atoms with E-state index in [1.54, 1.807) is 0 Å². The van der Waals surface area contributed by atoms with E-state index in [-0.39, 0.29) is 44.7 Å². The van der Waals surface area contributed by atoms with Crippen molar-refractivity contribution in [3.63, 3.8) is 0 Å². The molecule has 1 aromatic heterocycles. The molecule has 5 saturated carbocycles. The minimum absolute atomic E-state index is 0.0764. The summed E-state index contributed by atoms with van der Waals surface area (Å²) >= 11 is 0. The Morgan fingerprint density at radius 3 is 2.45 bits per heavy atom. The average Bonchev–Trinajstić information content (AvgIpc) is 2.79. The first-order valence-corrected chi connectivity index (χ1v) is 11.9. The zero-order valence-corrected chi connectivity index (χ0v) is 18.3. The Hall–Kier alpha value is -1.22. The minimum atomic E-state index is -0.373. The van der Waals surface area contributed by atoms with Gasteiger partial charge >= 0.3 is 0 Å². The number of aromatic nitrogens is 1. The summed E-state index contributed by atoms with van der Waals surface area (Å²) in [6, 6.07) is 6.37. The molecule has 3 heteroatoms. The molecule has 3 spiro atoms. The van der Waals surface area contributed by atoms with Crippen molar-refractivity contribution in [3.8, 4) is 0 Å².